The highest BCUT2D eigenvalue weighted by Gasteiger charge is 2.29. The maximum absolute atomic E-state index is 13.4. The fraction of sp³-hybridized carbons (Fsp3) is 0.350. The molecule has 1 aliphatic heterocycles. The summed E-state index contributed by atoms with van der Waals surface area (Å²) in [5.74, 6) is -2.48. The Labute approximate surface area is 179 Å². The zero-order chi connectivity index (χ0) is 21.9. The maximum Gasteiger partial charge on any atom is 0.243 e. The van der Waals surface area contributed by atoms with E-state index >= 15 is 0 Å². The molecule has 0 saturated carbocycles. The van der Waals surface area contributed by atoms with Crippen molar-refractivity contribution in [3.8, 4) is 0 Å². The molecular formula is C20H22ClF2N3O3S. The van der Waals surface area contributed by atoms with Crippen LogP contribution < -0.4 is 5.32 Å². The van der Waals surface area contributed by atoms with E-state index in [1.165, 1.54) is 4.31 Å². The lowest BCUT2D eigenvalue weighted by molar-refractivity contribution is -0.123. The number of hydrogen-bond acceptors (Lipinski definition) is 4. The van der Waals surface area contributed by atoms with Crippen molar-refractivity contribution in [2.75, 3.05) is 32.7 Å². The van der Waals surface area contributed by atoms with Gasteiger partial charge < -0.3 is 5.32 Å². The van der Waals surface area contributed by atoms with Crippen molar-refractivity contribution in [1.29, 1.82) is 0 Å². The van der Waals surface area contributed by atoms with Gasteiger partial charge in [-0.25, -0.2) is 17.2 Å². The predicted octanol–water partition coefficient (Wildman–Crippen LogP) is 2.80. The van der Waals surface area contributed by atoms with Gasteiger partial charge in [0.15, 0.2) is 11.6 Å². The van der Waals surface area contributed by atoms with Crippen LogP contribution in [-0.2, 0) is 14.8 Å². The van der Waals surface area contributed by atoms with Gasteiger partial charge in [0.25, 0.3) is 0 Å². The van der Waals surface area contributed by atoms with Gasteiger partial charge in [-0.15, -0.1) is 0 Å². The van der Waals surface area contributed by atoms with E-state index in [4.69, 9.17) is 11.6 Å². The highest BCUT2D eigenvalue weighted by Crippen LogP contribution is 2.20. The molecule has 2 aromatic rings. The minimum absolute atomic E-state index is 0.136. The molecule has 0 aromatic heterocycles. The average molecular weight is 458 g/mol. The number of carbonyl (C=O) groups excluding carboxylic acids is 1. The van der Waals surface area contributed by atoms with Crippen molar-refractivity contribution in [3.05, 3.63) is 64.7 Å². The summed E-state index contributed by atoms with van der Waals surface area (Å²) >= 11 is 5.87. The number of sulfonamides is 1. The van der Waals surface area contributed by atoms with Crippen LogP contribution >= 0.6 is 11.6 Å². The van der Waals surface area contributed by atoms with Crippen molar-refractivity contribution < 1.29 is 22.0 Å². The van der Waals surface area contributed by atoms with Crippen molar-refractivity contribution in [2.24, 2.45) is 0 Å². The van der Waals surface area contributed by atoms with Crippen molar-refractivity contribution in [1.82, 2.24) is 14.5 Å². The summed E-state index contributed by atoms with van der Waals surface area (Å²) < 4.78 is 53.0. The van der Waals surface area contributed by atoms with Gasteiger partial charge in [-0.3, -0.25) is 9.69 Å². The minimum atomic E-state index is -3.92. The molecule has 1 amide bonds. The van der Waals surface area contributed by atoms with E-state index in [0.717, 1.165) is 17.7 Å². The van der Waals surface area contributed by atoms with Crippen LogP contribution in [0.4, 0.5) is 8.78 Å². The number of hydrogen-bond donors (Lipinski definition) is 1. The third-order valence-electron chi connectivity index (χ3n) is 4.97. The molecule has 1 N–H and O–H groups in total. The summed E-state index contributed by atoms with van der Waals surface area (Å²) in [6, 6.07) is 9.53. The molecule has 0 spiro atoms. The van der Waals surface area contributed by atoms with Crippen LogP contribution in [0, 0.1) is 11.6 Å². The number of nitrogens with zero attached hydrogens (tertiary/aromatic N) is 2. The number of rotatable bonds is 6. The Balaban J connectivity index is 1.53. The highest BCUT2D eigenvalue weighted by atomic mass is 35.5. The second-order valence-electron chi connectivity index (χ2n) is 7.10. The van der Waals surface area contributed by atoms with Crippen LogP contribution in [0.1, 0.15) is 18.5 Å². The molecule has 0 bridgehead atoms. The Kier molecular flexibility index (Phi) is 7.07. The van der Waals surface area contributed by atoms with Crippen LogP contribution in [0.3, 0.4) is 0 Å². The third kappa shape index (κ3) is 5.34. The van der Waals surface area contributed by atoms with Gasteiger partial charge >= 0.3 is 0 Å². The molecule has 0 aliphatic carbocycles. The van der Waals surface area contributed by atoms with Crippen LogP contribution in [0.2, 0.25) is 5.02 Å². The predicted molar refractivity (Wildman–Crippen MR) is 110 cm³/mol. The largest absolute Gasteiger partial charge is 0.348 e. The summed E-state index contributed by atoms with van der Waals surface area (Å²) in [6.45, 7) is 3.02. The van der Waals surface area contributed by atoms with E-state index in [2.05, 4.69) is 5.32 Å². The molecule has 0 radical (unpaired) electrons. The van der Waals surface area contributed by atoms with Gasteiger partial charge in [-0.05, 0) is 42.8 Å². The molecular weight excluding hydrogens is 436 g/mol. The monoisotopic (exact) mass is 457 g/mol. The summed E-state index contributed by atoms with van der Waals surface area (Å²) in [7, 11) is -3.92. The van der Waals surface area contributed by atoms with E-state index in [1.54, 1.807) is 12.1 Å². The fourth-order valence-corrected chi connectivity index (χ4v) is 4.80. The molecule has 1 unspecified atom stereocenters. The molecule has 1 atom stereocenters. The van der Waals surface area contributed by atoms with Crippen molar-refractivity contribution in [3.63, 3.8) is 0 Å². The smallest absolute Gasteiger partial charge is 0.243 e. The van der Waals surface area contributed by atoms with Gasteiger partial charge in [-0.1, -0.05) is 23.7 Å². The van der Waals surface area contributed by atoms with E-state index in [1.807, 2.05) is 24.0 Å². The minimum Gasteiger partial charge on any atom is -0.348 e. The van der Waals surface area contributed by atoms with Gasteiger partial charge in [0.2, 0.25) is 15.9 Å². The molecule has 1 fully saturated rings. The molecule has 30 heavy (non-hydrogen) atoms. The van der Waals surface area contributed by atoms with Gasteiger partial charge in [-0.2, -0.15) is 4.31 Å². The first-order valence-electron chi connectivity index (χ1n) is 9.39. The molecule has 3 rings (SSSR count). The number of halogens is 3. The second kappa shape index (κ2) is 9.38. The van der Waals surface area contributed by atoms with Crippen molar-refractivity contribution in [2.45, 2.75) is 17.9 Å². The lowest BCUT2D eigenvalue weighted by Gasteiger charge is -2.33. The lowest BCUT2D eigenvalue weighted by Crippen LogP contribution is -2.51. The quantitative estimate of drug-likeness (QED) is 0.724. The van der Waals surface area contributed by atoms with Crippen LogP contribution in [0.25, 0.3) is 0 Å². The first kappa shape index (κ1) is 22.6. The molecule has 162 valence electrons. The molecule has 1 heterocycles. The maximum atomic E-state index is 13.4. The molecule has 1 saturated heterocycles. The van der Waals surface area contributed by atoms with Gasteiger partial charge in [0, 0.05) is 31.2 Å². The second-order valence-corrected chi connectivity index (χ2v) is 9.47. The number of piperazine rings is 1. The molecule has 6 nitrogen and oxygen atoms in total. The van der Waals surface area contributed by atoms with E-state index in [9.17, 15) is 22.0 Å². The lowest BCUT2D eigenvalue weighted by atomic mass is 10.1. The average Bonchev–Trinajstić information content (AvgIpc) is 2.70. The summed E-state index contributed by atoms with van der Waals surface area (Å²) in [5.41, 5.74) is 0.926. The van der Waals surface area contributed by atoms with Crippen LogP contribution in [0.5, 0.6) is 0 Å². The van der Waals surface area contributed by atoms with Crippen LogP contribution in [0.15, 0.2) is 47.4 Å². The van der Waals surface area contributed by atoms with E-state index in [0.29, 0.717) is 24.2 Å². The molecule has 10 heteroatoms. The molecule has 2 aromatic carbocycles. The normalized spacial score (nSPS) is 16.9. The molecule has 1 aliphatic rings. The third-order valence-corrected chi connectivity index (χ3v) is 7.12. The Morgan fingerprint density at radius 2 is 1.70 bits per heavy atom. The Morgan fingerprint density at radius 3 is 2.30 bits per heavy atom. The highest BCUT2D eigenvalue weighted by molar-refractivity contribution is 7.89. The Morgan fingerprint density at radius 1 is 1.07 bits per heavy atom. The zero-order valence-corrected chi connectivity index (χ0v) is 17.9. The first-order chi connectivity index (χ1) is 14.2. The van der Waals surface area contributed by atoms with Crippen LogP contribution in [-0.4, -0.2) is 56.3 Å². The standard InChI is InChI=1S/C20H22ClF2N3O3S/c1-14(15-2-4-16(21)5-3-15)24-20(27)13-25-8-10-26(11-9-25)30(28,29)17-6-7-18(22)19(23)12-17/h2-7,12,14H,8-11,13H2,1H3,(H,24,27). The number of carbonyl (C=O) groups is 1. The van der Waals surface area contributed by atoms with Gasteiger partial charge in [0.1, 0.15) is 0 Å². The topological polar surface area (TPSA) is 69.7 Å². The first-order valence-corrected chi connectivity index (χ1v) is 11.2. The van der Waals surface area contributed by atoms with E-state index in [-0.39, 0.29) is 36.5 Å². The fourth-order valence-electron chi connectivity index (χ4n) is 3.24. The number of benzene rings is 2. The summed E-state index contributed by atoms with van der Waals surface area (Å²) in [6.07, 6.45) is 0. The Hall–Kier alpha value is -2.07. The number of nitrogens with one attached hydrogen (secondary N) is 1. The SMILES string of the molecule is CC(NC(=O)CN1CCN(S(=O)(=O)c2ccc(F)c(F)c2)CC1)c1ccc(Cl)cc1. The summed E-state index contributed by atoms with van der Waals surface area (Å²) in [5, 5.41) is 3.53. The van der Waals surface area contributed by atoms with Gasteiger partial charge in [0.05, 0.1) is 17.5 Å². The zero-order valence-electron chi connectivity index (χ0n) is 16.3. The summed E-state index contributed by atoms with van der Waals surface area (Å²) in [4.78, 5) is 13.9. The van der Waals surface area contributed by atoms with Crippen molar-refractivity contribution >= 4 is 27.5 Å². The Bertz CT molecular complexity index is 1010. The number of amides is 1. The van der Waals surface area contributed by atoms with E-state index < -0.39 is 21.7 Å².